The summed E-state index contributed by atoms with van der Waals surface area (Å²) in [5, 5.41) is 21.7. The van der Waals surface area contributed by atoms with Crippen LogP contribution in [-0.4, -0.2) is 19.7 Å². The Kier molecular flexibility index (Phi) is 4.26. The lowest BCUT2D eigenvalue weighted by Crippen LogP contribution is -2.29. The van der Waals surface area contributed by atoms with E-state index in [4.69, 9.17) is 0 Å². The summed E-state index contributed by atoms with van der Waals surface area (Å²) in [7, 11) is 1.71. The molecule has 8 heteroatoms. The second kappa shape index (κ2) is 5.80. The smallest absolute Gasteiger partial charge is 0.334 e. The zero-order valence-electron chi connectivity index (χ0n) is 12.6. The highest BCUT2D eigenvalue weighted by Crippen LogP contribution is 2.34. The molecule has 0 atom stereocenters. The molecule has 0 saturated carbocycles. The van der Waals surface area contributed by atoms with Crippen LogP contribution in [0.5, 0.6) is 0 Å². The summed E-state index contributed by atoms with van der Waals surface area (Å²) < 4.78 is 1.54. The maximum Gasteiger partial charge on any atom is 0.334 e. The van der Waals surface area contributed by atoms with Crippen LogP contribution in [0, 0.1) is 10.1 Å². The first-order chi connectivity index (χ1) is 9.86. The van der Waals surface area contributed by atoms with Crippen LogP contribution in [0.1, 0.15) is 37.9 Å². The van der Waals surface area contributed by atoms with Crippen molar-refractivity contribution in [1.29, 1.82) is 0 Å². The summed E-state index contributed by atoms with van der Waals surface area (Å²) in [5.41, 5.74) is 0.0716. The number of rotatable bonds is 6. The minimum absolute atomic E-state index is 0.0592. The predicted octanol–water partition coefficient (Wildman–Crippen LogP) is 3.08. The Bertz CT molecular complexity index is 633. The van der Waals surface area contributed by atoms with Gasteiger partial charge in [-0.3, -0.25) is 10.1 Å². The van der Waals surface area contributed by atoms with Crippen LogP contribution >= 0.6 is 11.3 Å². The number of aromatic nitrogens is 3. The molecule has 0 amide bonds. The lowest BCUT2D eigenvalue weighted by Gasteiger charge is -2.24. The Morgan fingerprint density at radius 3 is 2.76 bits per heavy atom. The summed E-state index contributed by atoms with van der Waals surface area (Å²) in [6.45, 7) is 5.87. The van der Waals surface area contributed by atoms with Gasteiger partial charge in [0.1, 0.15) is 10.7 Å². The van der Waals surface area contributed by atoms with Gasteiger partial charge < -0.3 is 5.32 Å². The van der Waals surface area contributed by atoms with Crippen molar-refractivity contribution < 1.29 is 4.92 Å². The molecule has 2 heterocycles. The van der Waals surface area contributed by atoms with Gasteiger partial charge in [0.25, 0.3) is 0 Å². The number of thiazole rings is 1. The Hall–Kier alpha value is -1.96. The SMILES string of the molecule is CCCc1nn(C)c(NC(C)(C)c2nccs2)c1[N+](=O)[O-]. The molecule has 0 radical (unpaired) electrons. The highest BCUT2D eigenvalue weighted by atomic mass is 32.1. The first kappa shape index (κ1) is 15.4. The lowest BCUT2D eigenvalue weighted by molar-refractivity contribution is -0.384. The Labute approximate surface area is 127 Å². The third-order valence-corrected chi connectivity index (χ3v) is 4.26. The van der Waals surface area contributed by atoms with Gasteiger partial charge in [-0.05, 0) is 20.3 Å². The number of hydrogen-bond donors (Lipinski definition) is 1. The van der Waals surface area contributed by atoms with Gasteiger partial charge in [-0.1, -0.05) is 13.3 Å². The molecule has 0 aliphatic carbocycles. The standard InChI is InChI=1S/C13H19N5O2S/c1-5-6-9-10(18(19)20)11(17(4)16-9)15-13(2,3)12-14-7-8-21-12/h7-8,15H,5-6H2,1-4H3. The maximum atomic E-state index is 11.4. The van der Waals surface area contributed by atoms with Crippen LogP contribution < -0.4 is 5.32 Å². The molecule has 0 unspecified atom stereocenters. The monoisotopic (exact) mass is 309 g/mol. The van der Waals surface area contributed by atoms with E-state index >= 15 is 0 Å². The highest BCUT2D eigenvalue weighted by molar-refractivity contribution is 7.09. The van der Waals surface area contributed by atoms with Crippen LogP contribution in [0.3, 0.4) is 0 Å². The fraction of sp³-hybridized carbons (Fsp3) is 0.538. The fourth-order valence-corrected chi connectivity index (χ4v) is 2.91. The third-order valence-electron chi connectivity index (χ3n) is 3.16. The van der Waals surface area contributed by atoms with Gasteiger partial charge in [-0.25, -0.2) is 9.67 Å². The zero-order valence-corrected chi connectivity index (χ0v) is 13.4. The summed E-state index contributed by atoms with van der Waals surface area (Å²) in [5.74, 6) is 0.420. The predicted molar refractivity (Wildman–Crippen MR) is 82.6 cm³/mol. The van der Waals surface area contributed by atoms with Crippen molar-refractivity contribution >= 4 is 22.8 Å². The first-order valence-corrected chi connectivity index (χ1v) is 7.63. The minimum atomic E-state index is -0.504. The summed E-state index contributed by atoms with van der Waals surface area (Å²) >= 11 is 1.51. The molecule has 0 bridgehead atoms. The van der Waals surface area contributed by atoms with Crippen molar-refractivity contribution in [3.05, 3.63) is 32.4 Å². The van der Waals surface area contributed by atoms with Crippen molar-refractivity contribution in [3.8, 4) is 0 Å². The number of nitrogens with zero attached hydrogens (tertiary/aromatic N) is 4. The number of nitro groups is 1. The number of nitrogens with one attached hydrogen (secondary N) is 1. The molecule has 1 N–H and O–H groups in total. The van der Waals surface area contributed by atoms with E-state index < -0.39 is 5.54 Å². The van der Waals surface area contributed by atoms with Gasteiger partial charge in [0.2, 0.25) is 5.82 Å². The van der Waals surface area contributed by atoms with E-state index in [1.165, 1.54) is 11.3 Å². The minimum Gasteiger partial charge on any atom is -0.353 e. The fourth-order valence-electron chi connectivity index (χ4n) is 2.19. The van der Waals surface area contributed by atoms with Gasteiger partial charge in [-0.2, -0.15) is 5.10 Å². The molecule has 2 rings (SSSR count). The average molecular weight is 309 g/mol. The zero-order chi connectivity index (χ0) is 15.6. The number of hydrogen-bond acceptors (Lipinski definition) is 6. The van der Waals surface area contributed by atoms with Gasteiger partial charge in [-0.15, -0.1) is 11.3 Å². The first-order valence-electron chi connectivity index (χ1n) is 6.75. The molecule has 0 saturated heterocycles. The molecule has 2 aromatic rings. The van der Waals surface area contributed by atoms with E-state index in [9.17, 15) is 10.1 Å². The summed E-state index contributed by atoms with van der Waals surface area (Å²) in [6, 6.07) is 0. The third kappa shape index (κ3) is 3.05. The molecule has 2 aromatic heterocycles. The second-order valence-corrected chi connectivity index (χ2v) is 6.26. The molecule has 0 aromatic carbocycles. The number of aryl methyl sites for hydroxylation is 2. The van der Waals surface area contributed by atoms with Crippen molar-refractivity contribution in [2.45, 2.75) is 39.2 Å². The molecule has 7 nitrogen and oxygen atoms in total. The van der Waals surface area contributed by atoms with Gasteiger partial charge in [0.15, 0.2) is 0 Å². The van der Waals surface area contributed by atoms with E-state index in [2.05, 4.69) is 15.4 Å². The van der Waals surface area contributed by atoms with Gasteiger partial charge >= 0.3 is 5.69 Å². The van der Waals surface area contributed by atoms with Crippen LogP contribution in [0.2, 0.25) is 0 Å². The molecular weight excluding hydrogens is 290 g/mol. The topological polar surface area (TPSA) is 85.9 Å². The quantitative estimate of drug-likeness (QED) is 0.654. The van der Waals surface area contributed by atoms with Crippen LogP contribution in [0.4, 0.5) is 11.5 Å². The van der Waals surface area contributed by atoms with Gasteiger partial charge in [0.05, 0.1) is 10.5 Å². The van der Waals surface area contributed by atoms with E-state index in [1.807, 2.05) is 26.2 Å². The highest BCUT2D eigenvalue weighted by Gasteiger charge is 2.32. The van der Waals surface area contributed by atoms with Crippen molar-refractivity contribution in [3.63, 3.8) is 0 Å². The molecule has 0 aliphatic rings. The Morgan fingerprint density at radius 1 is 1.52 bits per heavy atom. The second-order valence-electron chi connectivity index (χ2n) is 5.36. The van der Waals surface area contributed by atoms with E-state index in [1.54, 1.807) is 17.9 Å². The lowest BCUT2D eigenvalue weighted by atomic mass is 10.1. The number of anilines is 1. The van der Waals surface area contributed by atoms with Crippen molar-refractivity contribution in [2.75, 3.05) is 5.32 Å². The van der Waals surface area contributed by atoms with E-state index in [0.717, 1.165) is 11.4 Å². The summed E-state index contributed by atoms with van der Waals surface area (Å²) in [4.78, 5) is 15.3. The van der Waals surface area contributed by atoms with Crippen LogP contribution in [0.25, 0.3) is 0 Å². The van der Waals surface area contributed by atoms with Crippen LogP contribution in [0.15, 0.2) is 11.6 Å². The van der Waals surface area contributed by atoms with Crippen molar-refractivity contribution in [2.24, 2.45) is 7.05 Å². The van der Waals surface area contributed by atoms with Gasteiger partial charge in [0, 0.05) is 18.6 Å². The van der Waals surface area contributed by atoms with E-state index in [0.29, 0.717) is 17.9 Å². The molecule has 0 aliphatic heterocycles. The molecule has 0 fully saturated rings. The molecule has 114 valence electrons. The molecule has 0 spiro atoms. The van der Waals surface area contributed by atoms with Crippen LogP contribution in [-0.2, 0) is 19.0 Å². The largest absolute Gasteiger partial charge is 0.353 e. The average Bonchev–Trinajstić information content (AvgIpc) is 2.99. The molecule has 21 heavy (non-hydrogen) atoms. The Morgan fingerprint density at radius 2 is 2.24 bits per heavy atom. The van der Waals surface area contributed by atoms with Crippen molar-refractivity contribution in [1.82, 2.24) is 14.8 Å². The Balaban J connectivity index is 2.42. The maximum absolute atomic E-state index is 11.4. The summed E-state index contributed by atoms with van der Waals surface area (Å²) in [6.07, 6.45) is 3.13. The van der Waals surface area contributed by atoms with E-state index in [-0.39, 0.29) is 10.6 Å². The molecular formula is C13H19N5O2S. The normalized spacial score (nSPS) is 11.6.